The molecule has 1 N–H and O–H groups in total. The third-order valence-electron chi connectivity index (χ3n) is 2.53. The zero-order valence-corrected chi connectivity index (χ0v) is 9.51. The molecule has 0 atom stereocenters. The Morgan fingerprint density at radius 2 is 1.81 bits per heavy atom. The summed E-state index contributed by atoms with van der Waals surface area (Å²) in [5.74, 6) is -0.0720. The topological polar surface area (TPSA) is 33.4 Å². The molecule has 1 heterocycles. The van der Waals surface area contributed by atoms with E-state index in [1.807, 2.05) is 24.3 Å². The van der Waals surface area contributed by atoms with Gasteiger partial charge < -0.3 is 9.52 Å². The van der Waals surface area contributed by atoms with E-state index in [1.54, 1.807) is 0 Å². The van der Waals surface area contributed by atoms with Gasteiger partial charge in [0.05, 0.1) is 15.4 Å². The number of rotatable bonds is 0. The molecule has 0 radical (unpaired) electrons. The minimum atomic E-state index is -0.0720. The van der Waals surface area contributed by atoms with Gasteiger partial charge in [-0.3, -0.25) is 0 Å². The zero-order chi connectivity index (χ0) is 11.3. The van der Waals surface area contributed by atoms with Crippen LogP contribution in [-0.2, 0) is 0 Å². The largest absolute Gasteiger partial charge is 0.503 e. The molecule has 0 aliphatic carbocycles. The van der Waals surface area contributed by atoms with Crippen LogP contribution in [0.4, 0.5) is 0 Å². The van der Waals surface area contributed by atoms with Crippen molar-refractivity contribution in [3.05, 3.63) is 40.4 Å². The van der Waals surface area contributed by atoms with Crippen molar-refractivity contribution >= 4 is 45.1 Å². The second kappa shape index (κ2) is 3.30. The van der Waals surface area contributed by atoms with Crippen LogP contribution in [0.25, 0.3) is 21.9 Å². The normalized spacial score (nSPS) is 11.4. The van der Waals surface area contributed by atoms with Crippen molar-refractivity contribution in [3.8, 4) is 5.75 Å². The van der Waals surface area contributed by atoms with Gasteiger partial charge in [-0.25, -0.2) is 0 Å². The van der Waals surface area contributed by atoms with E-state index in [2.05, 4.69) is 0 Å². The SMILES string of the molecule is Oc1c(Cl)cc(Cl)c2c1oc1ccccc12. The van der Waals surface area contributed by atoms with E-state index in [4.69, 9.17) is 27.6 Å². The fourth-order valence-corrected chi connectivity index (χ4v) is 2.36. The predicted octanol–water partition coefficient (Wildman–Crippen LogP) is 4.60. The number of aromatic hydroxyl groups is 1. The van der Waals surface area contributed by atoms with Crippen LogP contribution in [0.2, 0.25) is 10.0 Å². The maximum absolute atomic E-state index is 9.80. The first-order valence-electron chi connectivity index (χ1n) is 4.66. The van der Waals surface area contributed by atoms with Crippen molar-refractivity contribution in [1.82, 2.24) is 0 Å². The molecule has 0 saturated heterocycles. The van der Waals surface area contributed by atoms with Gasteiger partial charge in [0.15, 0.2) is 11.3 Å². The molecule has 0 aliphatic rings. The monoisotopic (exact) mass is 252 g/mol. The number of phenols is 1. The number of halogens is 2. The quantitative estimate of drug-likeness (QED) is 0.635. The second-order valence-corrected chi connectivity index (χ2v) is 4.31. The second-order valence-electron chi connectivity index (χ2n) is 3.49. The lowest BCUT2D eigenvalue weighted by molar-refractivity contribution is 0.469. The molecular weight excluding hydrogens is 247 g/mol. The average molecular weight is 253 g/mol. The Balaban J connectivity index is 2.64. The molecule has 80 valence electrons. The number of hydrogen-bond donors (Lipinski definition) is 1. The molecule has 2 nitrogen and oxygen atoms in total. The van der Waals surface area contributed by atoms with Crippen LogP contribution in [0, 0.1) is 0 Å². The summed E-state index contributed by atoms with van der Waals surface area (Å²) < 4.78 is 5.53. The van der Waals surface area contributed by atoms with Gasteiger partial charge in [-0.05, 0) is 12.1 Å². The Labute approximate surface area is 101 Å². The number of para-hydroxylation sites is 1. The first kappa shape index (κ1) is 9.82. The van der Waals surface area contributed by atoms with E-state index in [-0.39, 0.29) is 10.8 Å². The molecule has 0 unspecified atom stereocenters. The average Bonchev–Trinajstić information content (AvgIpc) is 2.65. The summed E-state index contributed by atoms with van der Waals surface area (Å²) in [6.07, 6.45) is 0. The van der Waals surface area contributed by atoms with Gasteiger partial charge in [-0.15, -0.1) is 0 Å². The first-order valence-corrected chi connectivity index (χ1v) is 5.42. The lowest BCUT2D eigenvalue weighted by Crippen LogP contribution is -1.73. The van der Waals surface area contributed by atoms with Crippen molar-refractivity contribution in [2.75, 3.05) is 0 Å². The number of fused-ring (bicyclic) bond motifs is 3. The molecule has 3 aromatic rings. The van der Waals surface area contributed by atoms with Crippen LogP contribution >= 0.6 is 23.2 Å². The van der Waals surface area contributed by atoms with Crippen LogP contribution in [0.5, 0.6) is 5.75 Å². The van der Waals surface area contributed by atoms with Gasteiger partial charge in [-0.2, -0.15) is 0 Å². The van der Waals surface area contributed by atoms with Gasteiger partial charge >= 0.3 is 0 Å². The standard InChI is InChI=1S/C12H6Cl2O2/c13-7-5-8(14)11(15)12-10(7)6-3-1-2-4-9(6)16-12/h1-5,15H. The maximum atomic E-state index is 9.80. The predicted molar refractivity (Wildman–Crippen MR) is 65.4 cm³/mol. The molecule has 2 aromatic carbocycles. The lowest BCUT2D eigenvalue weighted by atomic mass is 10.1. The van der Waals surface area contributed by atoms with Gasteiger partial charge in [0.1, 0.15) is 5.58 Å². The van der Waals surface area contributed by atoms with Crippen molar-refractivity contribution < 1.29 is 9.52 Å². The van der Waals surface area contributed by atoms with E-state index in [0.717, 1.165) is 5.39 Å². The van der Waals surface area contributed by atoms with Gasteiger partial charge in [-0.1, -0.05) is 41.4 Å². The fraction of sp³-hybridized carbons (Fsp3) is 0. The Morgan fingerprint density at radius 3 is 2.62 bits per heavy atom. The van der Waals surface area contributed by atoms with E-state index in [9.17, 15) is 5.11 Å². The molecule has 0 saturated carbocycles. The Morgan fingerprint density at radius 1 is 1.06 bits per heavy atom. The van der Waals surface area contributed by atoms with E-state index < -0.39 is 0 Å². The minimum absolute atomic E-state index is 0.0720. The first-order chi connectivity index (χ1) is 7.68. The maximum Gasteiger partial charge on any atom is 0.180 e. The highest BCUT2D eigenvalue weighted by atomic mass is 35.5. The number of benzene rings is 2. The van der Waals surface area contributed by atoms with Crippen LogP contribution in [0.15, 0.2) is 34.7 Å². The van der Waals surface area contributed by atoms with Gasteiger partial charge in [0.2, 0.25) is 0 Å². The molecule has 1 aromatic heterocycles. The van der Waals surface area contributed by atoms with E-state index in [0.29, 0.717) is 21.6 Å². The number of furan rings is 1. The van der Waals surface area contributed by atoms with Crippen LogP contribution in [-0.4, -0.2) is 5.11 Å². The molecule has 0 spiro atoms. The summed E-state index contributed by atoms with van der Waals surface area (Å²) in [5, 5.41) is 12.0. The molecule has 0 amide bonds. The van der Waals surface area contributed by atoms with Crippen LogP contribution in [0.3, 0.4) is 0 Å². The van der Waals surface area contributed by atoms with Gasteiger partial charge in [0.25, 0.3) is 0 Å². The number of hydrogen-bond acceptors (Lipinski definition) is 2. The summed E-state index contributed by atoms with van der Waals surface area (Å²) in [6, 6.07) is 8.97. The Kier molecular flexibility index (Phi) is 2.03. The highest BCUT2D eigenvalue weighted by molar-refractivity contribution is 6.41. The van der Waals surface area contributed by atoms with Crippen molar-refractivity contribution in [3.63, 3.8) is 0 Å². The van der Waals surface area contributed by atoms with Crippen LogP contribution < -0.4 is 0 Å². The molecule has 4 heteroatoms. The Bertz CT molecular complexity index is 701. The summed E-state index contributed by atoms with van der Waals surface area (Å²) in [7, 11) is 0. The fourth-order valence-electron chi connectivity index (χ4n) is 1.81. The Hall–Kier alpha value is -1.38. The minimum Gasteiger partial charge on any atom is -0.503 e. The van der Waals surface area contributed by atoms with Crippen molar-refractivity contribution in [1.29, 1.82) is 0 Å². The highest BCUT2D eigenvalue weighted by Crippen LogP contribution is 2.42. The van der Waals surface area contributed by atoms with E-state index in [1.165, 1.54) is 6.07 Å². The van der Waals surface area contributed by atoms with Crippen LogP contribution in [0.1, 0.15) is 0 Å². The summed E-state index contributed by atoms with van der Waals surface area (Å²) in [5.41, 5.74) is 1.01. The lowest BCUT2D eigenvalue weighted by Gasteiger charge is -1.99. The van der Waals surface area contributed by atoms with Crippen molar-refractivity contribution in [2.45, 2.75) is 0 Å². The third kappa shape index (κ3) is 1.20. The summed E-state index contributed by atoms with van der Waals surface area (Å²) in [6.45, 7) is 0. The smallest absolute Gasteiger partial charge is 0.180 e. The molecular formula is C12H6Cl2O2. The summed E-state index contributed by atoms with van der Waals surface area (Å²) in [4.78, 5) is 0. The molecule has 0 fully saturated rings. The molecule has 16 heavy (non-hydrogen) atoms. The van der Waals surface area contributed by atoms with Gasteiger partial charge in [0, 0.05) is 5.39 Å². The van der Waals surface area contributed by atoms with Crippen molar-refractivity contribution in [2.24, 2.45) is 0 Å². The molecule has 3 rings (SSSR count). The zero-order valence-electron chi connectivity index (χ0n) is 8.00. The molecule has 0 aliphatic heterocycles. The highest BCUT2D eigenvalue weighted by Gasteiger charge is 2.16. The third-order valence-corrected chi connectivity index (χ3v) is 3.12. The van der Waals surface area contributed by atoms with E-state index >= 15 is 0 Å². The molecule has 0 bridgehead atoms. The summed E-state index contributed by atoms with van der Waals surface area (Å²) >= 11 is 11.9. The number of phenolic OH excluding ortho intramolecular Hbond substituents is 1.